The number of aromatic nitrogens is 1. The van der Waals surface area contributed by atoms with Crippen molar-refractivity contribution in [3.63, 3.8) is 0 Å². The first kappa shape index (κ1) is 10.4. The molecule has 2 nitrogen and oxygen atoms in total. The molecule has 1 fully saturated rings. The molecular weight excluding hydrogens is 236 g/mol. The third kappa shape index (κ3) is 2.04. The Kier molecular flexibility index (Phi) is 2.77. The van der Waals surface area contributed by atoms with Crippen molar-refractivity contribution in [1.29, 1.82) is 0 Å². The fourth-order valence-corrected chi connectivity index (χ4v) is 4.00. The number of anilines is 1. The van der Waals surface area contributed by atoms with Crippen molar-refractivity contribution >= 4 is 38.4 Å². The van der Waals surface area contributed by atoms with E-state index in [1.54, 1.807) is 11.3 Å². The second kappa shape index (κ2) is 4.26. The number of rotatable bonds is 2. The number of nitrogens with zero attached hydrogens (tertiary/aromatic N) is 1. The van der Waals surface area contributed by atoms with Crippen LogP contribution in [0, 0.1) is 6.92 Å². The molecule has 16 heavy (non-hydrogen) atoms. The lowest BCUT2D eigenvalue weighted by atomic mass is 10.2. The van der Waals surface area contributed by atoms with Gasteiger partial charge in [0.15, 0.2) is 5.13 Å². The molecule has 2 heterocycles. The molecule has 1 aromatic heterocycles. The van der Waals surface area contributed by atoms with Gasteiger partial charge < -0.3 is 5.32 Å². The van der Waals surface area contributed by atoms with Crippen LogP contribution in [0.4, 0.5) is 5.13 Å². The summed E-state index contributed by atoms with van der Waals surface area (Å²) in [4.78, 5) is 4.64. The van der Waals surface area contributed by atoms with E-state index in [1.165, 1.54) is 28.2 Å². The maximum absolute atomic E-state index is 4.64. The Morgan fingerprint density at radius 1 is 1.44 bits per heavy atom. The van der Waals surface area contributed by atoms with E-state index in [0.29, 0.717) is 6.04 Å². The van der Waals surface area contributed by atoms with E-state index >= 15 is 0 Å². The first-order valence-corrected chi connectivity index (χ1v) is 7.50. The first-order valence-electron chi connectivity index (χ1n) is 5.53. The minimum Gasteiger partial charge on any atom is -0.358 e. The minimum atomic E-state index is 0.617. The number of hydrogen-bond donors (Lipinski definition) is 1. The zero-order valence-corrected chi connectivity index (χ0v) is 10.8. The number of nitrogens with one attached hydrogen (secondary N) is 1. The van der Waals surface area contributed by atoms with Gasteiger partial charge in [-0.05, 0) is 36.8 Å². The van der Waals surface area contributed by atoms with Crippen LogP contribution in [0.5, 0.6) is 0 Å². The number of benzene rings is 1. The highest BCUT2D eigenvalue weighted by atomic mass is 32.2. The normalized spacial score (nSPS) is 20.4. The predicted molar refractivity (Wildman–Crippen MR) is 73.7 cm³/mol. The van der Waals surface area contributed by atoms with Gasteiger partial charge in [-0.3, -0.25) is 0 Å². The average Bonchev–Trinajstić information content (AvgIpc) is 2.86. The minimum absolute atomic E-state index is 0.617. The highest BCUT2D eigenvalue weighted by Gasteiger charge is 2.16. The Bertz CT molecular complexity index is 501. The molecule has 84 valence electrons. The molecule has 4 heteroatoms. The number of aryl methyl sites for hydroxylation is 1. The third-order valence-corrected chi connectivity index (χ3v) is 4.93. The van der Waals surface area contributed by atoms with Crippen molar-refractivity contribution < 1.29 is 0 Å². The van der Waals surface area contributed by atoms with Gasteiger partial charge in [-0.2, -0.15) is 11.8 Å². The molecule has 1 aliphatic rings. The maximum atomic E-state index is 4.64. The Labute approximate surface area is 103 Å². The van der Waals surface area contributed by atoms with Crippen LogP contribution in [-0.2, 0) is 0 Å². The van der Waals surface area contributed by atoms with Crippen LogP contribution >= 0.6 is 23.1 Å². The fraction of sp³-hybridized carbons (Fsp3) is 0.417. The highest BCUT2D eigenvalue weighted by Crippen LogP contribution is 2.29. The predicted octanol–water partition coefficient (Wildman–Crippen LogP) is 3.52. The van der Waals surface area contributed by atoms with Gasteiger partial charge in [-0.1, -0.05) is 17.4 Å². The van der Waals surface area contributed by atoms with Crippen LogP contribution < -0.4 is 5.32 Å². The lowest BCUT2D eigenvalue weighted by Gasteiger charge is -2.08. The summed E-state index contributed by atoms with van der Waals surface area (Å²) in [6, 6.07) is 7.08. The van der Waals surface area contributed by atoms with Crippen molar-refractivity contribution in [2.45, 2.75) is 19.4 Å². The van der Waals surface area contributed by atoms with Gasteiger partial charge in [-0.25, -0.2) is 4.98 Å². The number of thiazole rings is 1. The van der Waals surface area contributed by atoms with E-state index in [9.17, 15) is 0 Å². The SMILES string of the molecule is Cc1ccc2sc(NC3CCSC3)nc2c1. The molecule has 0 aliphatic carbocycles. The molecule has 1 aliphatic heterocycles. The standard InChI is InChI=1S/C12H14N2S2/c1-8-2-3-11-10(6-8)14-12(16-11)13-9-4-5-15-7-9/h2-3,6,9H,4-5,7H2,1H3,(H,13,14). The molecule has 1 aromatic carbocycles. The lowest BCUT2D eigenvalue weighted by molar-refractivity contribution is 0.812. The van der Waals surface area contributed by atoms with E-state index in [1.807, 2.05) is 11.8 Å². The summed E-state index contributed by atoms with van der Waals surface area (Å²) in [5.41, 5.74) is 2.40. The molecule has 0 radical (unpaired) electrons. The van der Waals surface area contributed by atoms with Crippen molar-refractivity contribution in [2.75, 3.05) is 16.8 Å². The Balaban J connectivity index is 1.86. The van der Waals surface area contributed by atoms with Crippen LogP contribution in [0.1, 0.15) is 12.0 Å². The topological polar surface area (TPSA) is 24.9 Å². The molecule has 0 bridgehead atoms. The smallest absolute Gasteiger partial charge is 0.184 e. The second-order valence-electron chi connectivity index (χ2n) is 4.20. The molecule has 0 amide bonds. The summed E-state index contributed by atoms with van der Waals surface area (Å²) in [5, 5.41) is 4.61. The fourth-order valence-electron chi connectivity index (χ4n) is 1.92. The summed E-state index contributed by atoms with van der Waals surface area (Å²) in [7, 11) is 0. The van der Waals surface area contributed by atoms with Crippen LogP contribution in [0.3, 0.4) is 0 Å². The number of fused-ring (bicyclic) bond motifs is 1. The lowest BCUT2D eigenvalue weighted by Crippen LogP contribution is -2.17. The van der Waals surface area contributed by atoms with Crippen molar-refractivity contribution in [1.82, 2.24) is 4.98 Å². The van der Waals surface area contributed by atoms with E-state index < -0.39 is 0 Å². The largest absolute Gasteiger partial charge is 0.358 e. The Morgan fingerprint density at radius 3 is 3.19 bits per heavy atom. The third-order valence-electron chi connectivity index (χ3n) is 2.80. The quantitative estimate of drug-likeness (QED) is 0.882. The second-order valence-corrected chi connectivity index (χ2v) is 6.38. The molecule has 1 N–H and O–H groups in total. The van der Waals surface area contributed by atoms with Gasteiger partial charge in [0.25, 0.3) is 0 Å². The molecule has 1 saturated heterocycles. The van der Waals surface area contributed by atoms with Gasteiger partial charge in [-0.15, -0.1) is 0 Å². The van der Waals surface area contributed by atoms with Crippen LogP contribution in [0.2, 0.25) is 0 Å². The van der Waals surface area contributed by atoms with Crippen molar-refractivity contribution in [2.24, 2.45) is 0 Å². The number of thioether (sulfide) groups is 1. The Morgan fingerprint density at radius 2 is 2.38 bits per heavy atom. The Hall–Kier alpha value is -0.740. The van der Waals surface area contributed by atoms with Crippen LogP contribution in [-0.4, -0.2) is 22.5 Å². The van der Waals surface area contributed by atoms with Gasteiger partial charge in [0.1, 0.15) is 0 Å². The van der Waals surface area contributed by atoms with Crippen LogP contribution in [0.25, 0.3) is 10.2 Å². The maximum Gasteiger partial charge on any atom is 0.184 e. The number of hydrogen-bond acceptors (Lipinski definition) is 4. The summed E-state index contributed by atoms with van der Waals surface area (Å²) in [6.07, 6.45) is 1.26. The average molecular weight is 250 g/mol. The zero-order valence-electron chi connectivity index (χ0n) is 9.19. The molecule has 0 spiro atoms. The summed E-state index contributed by atoms with van der Waals surface area (Å²) in [5.74, 6) is 2.50. The monoisotopic (exact) mass is 250 g/mol. The van der Waals surface area contributed by atoms with Gasteiger partial charge >= 0.3 is 0 Å². The van der Waals surface area contributed by atoms with E-state index in [0.717, 1.165) is 10.6 Å². The van der Waals surface area contributed by atoms with Gasteiger partial charge in [0.2, 0.25) is 0 Å². The highest BCUT2D eigenvalue weighted by molar-refractivity contribution is 7.99. The summed E-state index contributed by atoms with van der Waals surface area (Å²) >= 11 is 3.79. The van der Waals surface area contributed by atoms with Crippen molar-refractivity contribution in [3.05, 3.63) is 23.8 Å². The summed E-state index contributed by atoms with van der Waals surface area (Å²) < 4.78 is 1.28. The van der Waals surface area contributed by atoms with Crippen molar-refractivity contribution in [3.8, 4) is 0 Å². The molecule has 3 rings (SSSR count). The van der Waals surface area contributed by atoms with E-state index in [-0.39, 0.29) is 0 Å². The van der Waals surface area contributed by atoms with Gasteiger partial charge in [0.05, 0.1) is 10.2 Å². The molecule has 1 atom stereocenters. The van der Waals surface area contributed by atoms with E-state index in [2.05, 4.69) is 35.4 Å². The van der Waals surface area contributed by atoms with E-state index in [4.69, 9.17) is 0 Å². The molecule has 2 aromatic rings. The molecular formula is C12H14N2S2. The molecule has 0 saturated carbocycles. The molecule has 1 unspecified atom stereocenters. The zero-order chi connectivity index (χ0) is 11.0. The van der Waals surface area contributed by atoms with Gasteiger partial charge in [0, 0.05) is 11.8 Å². The van der Waals surface area contributed by atoms with Crippen LogP contribution in [0.15, 0.2) is 18.2 Å². The summed E-state index contributed by atoms with van der Waals surface area (Å²) in [6.45, 7) is 2.11. The first-order chi connectivity index (χ1) is 7.81.